The summed E-state index contributed by atoms with van der Waals surface area (Å²) in [5, 5.41) is 10.2. The summed E-state index contributed by atoms with van der Waals surface area (Å²) in [5.74, 6) is 1.64. The summed E-state index contributed by atoms with van der Waals surface area (Å²) in [6.45, 7) is 2.60. The van der Waals surface area contributed by atoms with E-state index in [4.69, 9.17) is 4.74 Å². The Morgan fingerprint density at radius 3 is 2.58 bits per heavy atom. The van der Waals surface area contributed by atoms with Gasteiger partial charge in [0.1, 0.15) is 3.92 Å². The van der Waals surface area contributed by atoms with Gasteiger partial charge in [-0.25, -0.2) is 0 Å². The van der Waals surface area contributed by atoms with E-state index < -0.39 is 0 Å². The van der Waals surface area contributed by atoms with Crippen LogP contribution in [0.3, 0.4) is 0 Å². The first-order valence-electron chi connectivity index (χ1n) is 7.52. The average molecular weight is 378 g/mol. The fourth-order valence-corrected chi connectivity index (χ4v) is 5.00. The SMILES string of the molecule is CCC(I)C(=O)OCC12CC3CC(C1)C(O)C(C3)C2. The van der Waals surface area contributed by atoms with Gasteiger partial charge in [0, 0.05) is 5.41 Å². The van der Waals surface area contributed by atoms with Crippen LogP contribution in [0.2, 0.25) is 0 Å². The van der Waals surface area contributed by atoms with Gasteiger partial charge in [-0.3, -0.25) is 4.79 Å². The molecule has 0 aromatic carbocycles. The summed E-state index contributed by atoms with van der Waals surface area (Å²) in [7, 11) is 0. The summed E-state index contributed by atoms with van der Waals surface area (Å²) in [6, 6.07) is 0. The third-order valence-corrected chi connectivity index (χ3v) is 6.87. The monoisotopic (exact) mass is 378 g/mol. The molecule has 4 bridgehead atoms. The molecular weight excluding hydrogens is 355 g/mol. The molecule has 0 aromatic rings. The minimum atomic E-state index is -0.0895. The molecule has 4 aliphatic carbocycles. The number of hydrogen-bond donors (Lipinski definition) is 1. The number of carbonyl (C=O) groups is 1. The number of rotatable bonds is 4. The van der Waals surface area contributed by atoms with Crippen LogP contribution >= 0.6 is 22.6 Å². The van der Waals surface area contributed by atoms with Crippen molar-refractivity contribution in [3.8, 4) is 0 Å². The maximum absolute atomic E-state index is 11.9. The predicted molar refractivity (Wildman–Crippen MR) is 81.1 cm³/mol. The Morgan fingerprint density at radius 1 is 1.37 bits per heavy atom. The molecule has 1 N–H and O–H groups in total. The molecule has 19 heavy (non-hydrogen) atoms. The van der Waals surface area contributed by atoms with E-state index in [1.807, 2.05) is 6.92 Å². The zero-order chi connectivity index (χ0) is 13.6. The third kappa shape index (κ3) is 2.55. The highest BCUT2D eigenvalue weighted by Crippen LogP contribution is 2.60. The van der Waals surface area contributed by atoms with Gasteiger partial charge in [-0.15, -0.1) is 0 Å². The number of aliphatic hydroxyl groups is 1. The molecule has 0 amide bonds. The van der Waals surface area contributed by atoms with Crippen molar-refractivity contribution in [1.29, 1.82) is 0 Å². The largest absolute Gasteiger partial charge is 0.464 e. The lowest BCUT2D eigenvalue weighted by molar-refractivity contribution is -0.169. The summed E-state index contributed by atoms with van der Waals surface area (Å²) >= 11 is 2.16. The number of alkyl halides is 1. The lowest BCUT2D eigenvalue weighted by Gasteiger charge is -2.58. The van der Waals surface area contributed by atoms with Gasteiger partial charge in [0.05, 0.1) is 12.7 Å². The van der Waals surface area contributed by atoms with Crippen LogP contribution in [0.1, 0.15) is 45.4 Å². The molecular formula is C15H23IO3. The van der Waals surface area contributed by atoms with Crippen molar-refractivity contribution in [2.24, 2.45) is 23.2 Å². The van der Waals surface area contributed by atoms with Crippen molar-refractivity contribution in [3.05, 3.63) is 0 Å². The molecule has 0 aromatic heterocycles. The van der Waals surface area contributed by atoms with E-state index in [1.165, 1.54) is 19.3 Å². The predicted octanol–water partition coefficient (Wildman–Crippen LogP) is 2.93. The van der Waals surface area contributed by atoms with Crippen LogP contribution in [0.25, 0.3) is 0 Å². The molecule has 0 spiro atoms. The average Bonchev–Trinajstić information content (AvgIpc) is 2.40. The van der Waals surface area contributed by atoms with Crippen LogP contribution in [0.5, 0.6) is 0 Å². The van der Waals surface area contributed by atoms with E-state index in [2.05, 4.69) is 22.6 Å². The number of halogens is 1. The maximum atomic E-state index is 11.9. The number of esters is 1. The number of carbonyl (C=O) groups excluding carboxylic acids is 1. The summed E-state index contributed by atoms with van der Waals surface area (Å²) in [6.07, 6.45) is 6.46. The highest BCUT2D eigenvalue weighted by Gasteiger charge is 2.55. The first kappa shape index (κ1) is 14.1. The molecule has 3 atom stereocenters. The van der Waals surface area contributed by atoms with Crippen LogP contribution in [-0.4, -0.2) is 27.7 Å². The third-order valence-electron chi connectivity index (χ3n) is 5.49. The standard InChI is InChI=1S/C15H23IO3/c1-2-12(16)14(18)19-8-15-5-9-3-10(6-15)13(17)11(4-9)7-15/h9-13,17H,2-8H2,1H3. The van der Waals surface area contributed by atoms with E-state index in [0.29, 0.717) is 18.4 Å². The Kier molecular flexibility index (Phi) is 3.84. The molecule has 4 fully saturated rings. The minimum absolute atomic E-state index is 0.0166. The molecule has 0 radical (unpaired) electrons. The van der Waals surface area contributed by atoms with Crippen LogP contribution in [0.15, 0.2) is 0 Å². The van der Waals surface area contributed by atoms with Crippen molar-refractivity contribution >= 4 is 28.6 Å². The van der Waals surface area contributed by atoms with E-state index in [1.54, 1.807) is 0 Å². The summed E-state index contributed by atoms with van der Waals surface area (Å²) in [4.78, 5) is 11.9. The van der Waals surface area contributed by atoms with Gasteiger partial charge in [-0.2, -0.15) is 0 Å². The Hall–Kier alpha value is 0.160. The zero-order valence-electron chi connectivity index (χ0n) is 11.5. The molecule has 0 saturated heterocycles. The zero-order valence-corrected chi connectivity index (χ0v) is 13.6. The Balaban J connectivity index is 1.63. The maximum Gasteiger partial charge on any atom is 0.318 e. The van der Waals surface area contributed by atoms with Crippen LogP contribution in [-0.2, 0) is 9.53 Å². The first-order chi connectivity index (χ1) is 9.03. The highest BCUT2D eigenvalue weighted by molar-refractivity contribution is 14.1. The Morgan fingerprint density at radius 2 is 2.00 bits per heavy atom. The lowest BCUT2D eigenvalue weighted by Crippen LogP contribution is -2.55. The van der Waals surface area contributed by atoms with E-state index in [0.717, 1.165) is 25.2 Å². The first-order valence-corrected chi connectivity index (χ1v) is 8.76. The van der Waals surface area contributed by atoms with Crippen molar-refractivity contribution < 1.29 is 14.6 Å². The summed E-state index contributed by atoms with van der Waals surface area (Å²) < 4.78 is 5.57. The molecule has 3 unspecified atom stereocenters. The molecule has 3 nitrogen and oxygen atoms in total. The number of ether oxygens (including phenoxy) is 1. The lowest BCUT2D eigenvalue weighted by atomic mass is 9.49. The Bertz CT molecular complexity index is 354. The molecule has 4 heteroatoms. The second-order valence-electron chi connectivity index (χ2n) is 6.94. The second kappa shape index (κ2) is 5.17. The van der Waals surface area contributed by atoms with Crippen molar-refractivity contribution in [3.63, 3.8) is 0 Å². The van der Waals surface area contributed by atoms with E-state index in [-0.39, 0.29) is 21.4 Å². The van der Waals surface area contributed by atoms with E-state index in [9.17, 15) is 9.90 Å². The molecule has 0 aliphatic heterocycles. The van der Waals surface area contributed by atoms with Gasteiger partial charge in [-0.1, -0.05) is 29.5 Å². The molecule has 4 aliphatic rings. The number of aliphatic hydroxyl groups excluding tert-OH is 1. The molecule has 108 valence electrons. The smallest absolute Gasteiger partial charge is 0.318 e. The van der Waals surface area contributed by atoms with Crippen molar-refractivity contribution in [1.82, 2.24) is 0 Å². The normalized spacial score (nSPS) is 45.2. The summed E-state index contributed by atoms with van der Waals surface area (Å²) in [5.41, 5.74) is 0.190. The molecule has 4 rings (SSSR count). The van der Waals surface area contributed by atoms with Crippen molar-refractivity contribution in [2.45, 2.75) is 55.5 Å². The van der Waals surface area contributed by atoms with Gasteiger partial charge in [0.2, 0.25) is 0 Å². The quantitative estimate of drug-likeness (QED) is 0.465. The highest BCUT2D eigenvalue weighted by atomic mass is 127. The van der Waals surface area contributed by atoms with E-state index >= 15 is 0 Å². The van der Waals surface area contributed by atoms with Gasteiger partial charge >= 0.3 is 5.97 Å². The topological polar surface area (TPSA) is 46.5 Å². The fraction of sp³-hybridized carbons (Fsp3) is 0.933. The van der Waals surface area contributed by atoms with Gasteiger partial charge in [0.15, 0.2) is 0 Å². The van der Waals surface area contributed by atoms with Crippen LogP contribution in [0, 0.1) is 23.2 Å². The minimum Gasteiger partial charge on any atom is -0.464 e. The van der Waals surface area contributed by atoms with Gasteiger partial charge in [0.25, 0.3) is 0 Å². The van der Waals surface area contributed by atoms with Gasteiger partial charge in [-0.05, 0) is 56.3 Å². The fourth-order valence-electron chi connectivity index (χ4n) is 4.82. The van der Waals surface area contributed by atoms with Crippen LogP contribution in [0.4, 0.5) is 0 Å². The molecule has 0 heterocycles. The van der Waals surface area contributed by atoms with Crippen molar-refractivity contribution in [2.75, 3.05) is 6.61 Å². The molecule has 4 saturated carbocycles. The Labute approximate surface area is 128 Å². The van der Waals surface area contributed by atoms with Gasteiger partial charge < -0.3 is 9.84 Å². The van der Waals surface area contributed by atoms with Crippen LogP contribution < -0.4 is 0 Å². The number of hydrogen-bond acceptors (Lipinski definition) is 3. The second-order valence-corrected chi connectivity index (χ2v) is 8.45.